The van der Waals surface area contributed by atoms with Crippen molar-refractivity contribution in [2.75, 3.05) is 23.7 Å². The Balaban J connectivity index is 2.49. The third kappa shape index (κ3) is 3.21. The van der Waals surface area contributed by atoms with E-state index < -0.39 is 10.0 Å². The summed E-state index contributed by atoms with van der Waals surface area (Å²) in [6.45, 7) is 7.89. The maximum atomic E-state index is 11.7. The van der Waals surface area contributed by atoms with E-state index in [-0.39, 0.29) is 4.90 Å². The summed E-state index contributed by atoms with van der Waals surface area (Å²) in [5.41, 5.74) is 7.82. The first-order chi connectivity index (χ1) is 9.18. The van der Waals surface area contributed by atoms with Gasteiger partial charge in [0.25, 0.3) is 0 Å². The van der Waals surface area contributed by atoms with Gasteiger partial charge in [-0.05, 0) is 24.6 Å². The number of anilines is 2. The van der Waals surface area contributed by atoms with Gasteiger partial charge in [0.05, 0.1) is 4.90 Å². The molecule has 0 spiro atoms. The maximum Gasteiger partial charge on any atom is 0.238 e. The third-order valence-corrected chi connectivity index (χ3v) is 5.69. The van der Waals surface area contributed by atoms with Crippen molar-refractivity contribution in [1.82, 2.24) is 0 Å². The predicted molar refractivity (Wildman–Crippen MR) is 85.7 cm³/mol. The number of benzene rings is 1. The second-order valence-electron chi connectivity index (χ2n) is 5.37. The Morgan fingerprint density at radius 1 is 1.25 bits per heavy atom. The molecule has 1 fully saturated rings. The van der Waals surface area contributed by atoms with Crippen molar-refractivity contribution < 1.29 is 8.42 Å². The molecule has 1 heterocycles. The minimum absolute atomic E-state index is 0.117. The summed E-state index contributed by atoms with van der Waals surface area (Å²) in [5, 5.41) is 6.27. The van der Waals surface area contributed by atoms with Crippen molar-refractivity contribution in [2.45, 2.75) is 36.2 Å². The number of hydrogen-bond acceptors (Lipinski definition) is 5. The number of nitrogen functional groups attached to an aromatic ring is 1. The molecule has 2 unspecified atom stereocenters. The quantitative estimate of drug-likeness (QED) is 0.808. The Morgan fingerprint density at radius 3 is 2.30 bits per heavy atom. The SMILES string of the molecule is Cc1c(N2CC(C)SC(C)C2)cc(N)cc1S(N)(=O)=O. The predicted octanol–water partition coefficient (Wildman–Crippen LogP) is 1.55. The van der Waals surface area contributed by atoms with Crippen molar-refractivity contribution in [3.8, 4) is 0 Å². The molecule has 20 heavy (non-hydrogen) atoms. The summed E-state index contributed by atoms with van der Waals surface area (Å²) in [6, 6.07) is 3.26. The minimum Gasteiger partial charge on any atom is -0.399 e. The number of thioether (sulfide) groups is 1. The molecule has 1 aromatic carbocycles. The molecule has 1 aliphatic heterocycles. The smallest absolute Gasteiger partial charge is 0.238 e. The molecule has 0 bridgehead atoms. The van der Waals surface area contributed by atoms with Crippen LogP contribution in [-0.4, -0.2) is 32.0 Å². The Kier molecular flexibility index (Phi) is 4.22. The van der Waals surface area contributed by atoms with Gasteiger partial charge in [0.1, 0.15) is 0 Å². The average molecular weight is 315 g/mol. The first-order valence-corrected chi connectivity index (χ1v) is 9.00. The van der Waals surface area contributed by atoms with E-state index >= 15 is 0 Å². The van der Waals surface area contributed by atoms with Gasteiger partial charge in [-0.15, -0.1) is 0 Å². The van der Waals surface area contributed by atoms with Crippen LogP contribution in [0, 0.1) is 6.92 Å². The molecule has 0 aromatic heterocycles. The first-order valence-electron chi connectivity index (χ1n) is 6.52. The monoisotopic (exact) mass is 315 g/mol. The van der Waals surface area contributed by atoms with Crippen LogP contribution in [0.25, 0.3) is 0 Å². The Morgan fingerprint density at radius 2 is 1.80 bits per heavy atom. The van der Waals surface area contributed by atoms with Gasteiger partial charge < -0.3 is 10.6 Å². The van der Waals surface area contributed by atoms with E-state index in [9.17, 15) is 8.42 Å². The molecule has 1 aliphatic rings. The number of nitrogens with two attached hydrogens (primary N) is 2. The molecular weight excluding hydrogens is 294 g/mol. The van der Waals surface area contributed by atoms with Crippen LogP contribution in [0.2, 0.25) is 0 Å². The fraction of sp³-hybridized carbons (Fsp3) is 0.538. The number of nitrogens with zero attached hydrogens (tertiary/aromatic N) is 1. The highest BCUT2D eigenvalue weighted by molar-refractivity contribution is 8.00. The fourth-order valence-electron chi connectivity index (χ4n) is 2.69. The standard InChI is InChI=1S/C13H21N3O2S2/c1-8-6-16(7-9(2)19-8)12-4-11(14)5-13(10(12)3)20(15,17)18/h4-5,8-9H,6-7,14H2,1-3H3,(H2,15,17,18). The molecule has 0 saturated carbocycles. The molecule has 2 rings (SSSR count). The molecule has 0 amide bonds. The summed E-state index contributed by atoms with van der Waals surface area (Å²) >= 11 is 1.94. The van der Waals surface area contributed by atoms with Crippen LogP contribution in [0.15, 0.2) is 17.0 Å². The molecule has 1 saturated heterocycles. The van der Waals surface area contributed by atoms with Crippen LogP contribution in [0.3, 0.4) is 0 Å². The van der Waals surface area contributed by atoms with Crippen LogP contribution in [0.4, 0.5) is 11.4 Å². The van der Waals surface area contributed by atoms with Crippen LogP contribution >= 0.6 is 11.8 Å². The molecular formula is C13H21N3O2S2. The van der Waals surface area contributed by atoms with Crippen LogP contribution in [-0.2, 0) is 10.0 Å². The Labute approximate surface area is 124 Å². The topological polar surface area (TPSA) is 89.4 Å². The van der Waals surface area contributed by atoms with Crippen LogP contribution < -0.4 is 15.8 Å². The average Bonchev–Trinajstić information content (AvgIpc) is 2.29. The summed E-state index contributed by atoms with van der Waals surface area (Å²) in [5.74, 6) is 0. The van der Waals surface area contributed by atoms with E-state index in [1.807, 2.05) is 17.8 Å². The zero-order chi connectivity index (χ0) is 15.1. The lowest BCUT2D eigenvalue weighted by Gasteiger charge is -2.37. The molecule has 7 heteroatoms. The van der Waals surface area contributed by atoms with Gasteiger partial charge in [0, 0.05) is 35.0 Å². The van der Waals surface area contributed by atoms with E-state index in [1.165, 1.54) is 6.07 Å². The second kappa shape index (κ2) is 5.46. The molecule has 1 aromatic rings. The van der Waals surface area contributed by atoms with Crippen LogP contribution in [0.5, 0.6) is 0 Å². The highest BCUT2D eigenvalue weighted by atomic mass is 32.2. The zero-order valence-corrected chi connectivity index (χ0v) is 13.6. The lowest BCUT2D eigenvalue weighted by atomic mass is 10.1. The van der Waals surface area contributed by atoms with E-state index in [1.54, 1.807) is 6.92 Å². The van der Waals surface area contributed by atoms with Gasteiger partial charge in [0.2, 0.25) is 10.0 Å². The first kappa shape index (κ1) is 15.5. The highest BCUT2D eigenvalue weighted by Crippen LogP contribution is 2.34. The lowest BCUT2D eigenvalue weighted by Crippen LogP contribution is -2.41. The lowest BCUT2D eigenvalue weighted by molar-refractivity contribution is 0.597. The summed E-state index contributed by atoms with van der Waals surface area (Å²) in [7, 11) is -3.76. The largest absolute Gasteiger partial charge is 0.399 e. The molecule has 112 valence electrons. The van der Waals surface area contributed by atoms with Crippen molar-refractivity contribution in [3.05, 3.63) is 17.7 Å². The van der Waals surface area contributed by atoms with Crippen molar-refractivity contribution in [2.24, 2.45) is 5.14 Å². The van der Waals surface area contributed by atoms with E-state index in [2.05, 4.69) is 18.7 Å². The van der Waals surface area contributed by atoms with E-state index in [0.29, 0.717) is 21.8 Å². The van der Waals surface area contributed by atoms with Gasteiger partial charge >= 0.3 is 0 Å². The second-order valence-corrected chi connectivity index (χ2v) is 8.78. The van der Waals surface area contributed by atoms with E-state index in [4.69, 9.17) is 10.9 Å². The summed E-state index contributed by atoms with van der Waals surface area (Å²) in [4.78, 5) is 2.32. The summed E-state index contributed by atoms with van der Waals surface area (Å²) in [6.07, 6.45) is 0. The number of primary sulfonamides is 1. The maximum absolute atomic E-state index is 11.7. The third-order valence-electron chi connectivity index (χ3n) is 3.42. The van der Waals surface area contributed by atoms with Gasteiger partial charge in [-0.3, -0.25) is 0 Å². The van der Waals surface area contributed by atoms with Gasteiger partial charge in [0.15, 0.2) is 0 Å². The molecule has 4 N–H and O–H groups in total. The highest BCUT2D eigenvalue weighted by Gasteiger charge is 2.25. The Bertz CT molecular complexity index is 606. The van der Waals surface area contributed by atoms with Gasteiger partial charge in [-0.1, -0.05) is 13.8 Å². The van der Waals surface area contributed by atoms with Crippen molar-refractivity contribution in [3.63, 3.8) is 0 Å². The van der Waals surface area contributed by atoms with Crippen molar-refractivity contribution >= 4 is 33.2 Å². The number of rotatable bonds is 2. The molecule has 0 radical (unpaired) electrons. The normalized spacial score (nSPS) is 23.9. The molecule has 2 atom stereocenters. The number of sulfonamides is 1. The van der Waals surface area contributed by atoms with Crippen LogP contribution in [0.1, 0.15) is 19.4 Å². The summed E-state index contributed by atoms with van der Waals surface area (Å²) < 4.78 is 23.3. The molecule has 0 aliphatic carbocycles. The molecule has 5 nitrogen and oxygen atoms in total. The minimum atomic E-state index is -3.76. The van der Waals surface area contributed by atoms with Crippen molar-refractivity contribution in [1.29, 1.82) is 0 Å². The zero-order valence-electron chi connectivity index (χ0n) is 12.0. The number of hydrogen-bond donors (Lipinski definition) is 2. The van der Waals surface area contributed by atoms with E-state index in [0.717, 1.165) is 18.8 Å². The Hall–Kier alpha value is -0.920. The fourth-order valence-corrected chi connectivity index (χ4v) is 4.85. The van der Waals surface area contributed by atoms with Gasteiger partial charge in [-0.25, -0.2) is 13.6 Å². The van der Waals surface area contributed by atoms with Gasteiger partial charge in [-0.2, -0.15) is 11.8 Å².